The van der Waals surface area contributed by atoms with Crippen LogP contribution >= 0.6 is 0 Å². The third-order valence-corrected chi connectivity index (χ3v) is 1.96. The minimum atomic E-state index is -2.81. The smallest absolute Gasteiger partial charge is 0.387 e. The number of benzene rings is 1. The quantitative estimate of drug-likeness (QED) is 0.865. The molecule has 1 aromatic carbocycles. The van der Waals surface area contributed by atoms with Gasteiger partial charge in [0.15, 0.2) is 0 Å². The Hall–Kier alpha value is -1.98. The van der Waals surface area contributed by atoms with Crippen LogP contribution in [0.1, 0.15) is 11.4 Å². The van der Waals surface area contributed by atoms with Crippen LogP contribution in [0, 0.1) is 0 Å². The Kier molecular flexibility index (Phi) is 3.09. The molecule has 6 heteroatoms. The van der Waals surface area contributed by atoms with Crippen LogP contribution in [0.2, 0.25) is 0 Å². The average molecular weight is 225 g/mol. The lowest BCUT2D eigenvalue weighted by molar-refractivity contribution is -0.0498. The van der Waals surface area contributed by atoms with Gasteiger partial charge in [-0.15, -0.1) is 0 Å². The van der Waals surface area contributed by atoms with Gasteiger partial charge in [0.1, 0.15) is 17.9 Å². The second kappa shape index (κ2) is 4.69. The fourth-order valence-electron chi connectivity index (χ4n) is 1.34. The monoisotopic (exact) mass is 225 g/mol. The number of alkyl halides is 2. The number of aromatic nitrogens is 3. The molecule has 0 bridgehead atoms. The van der Waals surface area contributed by atoms with Crippen LogP contribution < -0.4 is 4.74 Å². The van der Waals surface area contributed by atoms with Crippen molar-refractivity contribution < 1.29 is 13.5 Å². The molecule has 2 aromatic rings. The summed E-state index contributed by atoms with van der Waals surface area (Å²) in [6.45, 7) is -2.81. The first-order valence-electron chi connectivity index (χ1n) is 4.62. The second-order valence-corrected chi connectivity index (χ2v) is 3.13. The third-order valence-electron chi connectivity index (χ3n) is 1.96. The summed E-state index contributed by atoms with van der Waals surface area (Å²) in [4.78, 5) is 3.95. The topological polar surface area (TPSA) is 50.8 Å². The van der Waals surface area contributed by atoms with Crippen LogP contribution in [0.3, 0.4) is 0 Å². The molecule has 84 valence electrons. The van der Waals surface area contributed by atoms with Gasteiger partial charge in [0.05, 0.1) is 0 Å². The van der Waals surface area contributed by atoms with Gasteiger partial charge in [-0.3, -0.25) is 5.10 Å². The van der Waals surface area contributed by atoms with Crippen molar-refractivity contribution in [3.8, 4) is 5.75 Å². The number of hydrogen-bond donors (Lipinski definition) is 1. The summed E-state index contributed by atoms with van der Waals surface area (Å²) in [5.74, 6) is 0.821. The summed E-state index contributed by atoms with van der Waals surface area (Å²) in [6.07, 6.45) is 1.90. The van der Waals surface area contributed by atoms with E-state index in [1.165, 1.54) is 12.4 Å². The predicted molar refractivity (Wildman–Crippen MR) is 52.3 cm³/mol. The number of halogens is 2. The number of H-pyrrole nitrogens is 1. The number of hydrogen-bond acceptors (Lipinski definition) is 3. The first kappa shape index (κ1) is 10.5. The zero-order chi connectivity index (χ0) is 11.4. The molecule has 1 heterocycles. The molecule has 0 saturated heterocycles. The maximum absolute atomic E-state index is 12.0. The van der Waals surface area contributed by atoms with E-state index in [0.29, 0.717) is 12.2 Å². The van der Waals surface area contributed by atoms with Crippen LogP contribution in [0.15, 0.2) is 30.6 Å². The molecule has 16 heavy (non-hydrogen) atoms. The highest BCUT2D eigenvalue weighted by molar-refractivity contribution is 5.30. The minimum absolute atomic E-state index is 0.145. The lowest BCUT2D eigenvalue weighted by Crippen LogP contribution is -2.02. The molecule has 1 aromatic heterocycles. The Morgan fingerprint density at radius 3 is 2.94 bits per heavy atom. The lowest BCUT2D eigenvalue weighted by atomic mass is 10.1. The fourth-order valence-corrected chi connectivity index (χ4v) is 1.34. The number of aromatic amines is 1. The molecule has 4 nitrogen and oxygen atoms in total. The summed E-state index contributed by atoms with van der Waals surface area (Å²) >= 11 is 0. The van der Waals surface area contributed by atoms with Gasteiger partial charge in [-0.1, -0.05) is 12.1 Å². The molecule has 0 unspecified atom stereocenters. The van der Waals surface area contributed by atoms with Crippen molar-refractivity contribution in [2.24, 2.45) is 0 Å². The van der Waals surface area contributed by atoms with Crippen LogP contribution in [0.25, 0.3) is 0 Å². The van der Waals surface area contributed by atoms with E-state index in [1.807, 2.05) is 0 Å². The van der Waals surface area contributed by atoms with Crippen molar-refractivity contribution >= 4 is 0 Å². The van der Waals surface area contributed by atoms with Gasteiger partial charge < -0.3 is 4.74 Å². The molecule has 0 spiro atoms. The summed E-state index contributed by atoms with van der Waals surface area (Å²) < 4.78 is 28.3. The highest BCUT2D eigenvalue weighted by Gasteiger charge is 2.05. The first-order valence-corrected chi connectivity index (χ1v) is 4.62. The zero-order valence-electron chi connectivity index (χ0n) is 8.23. The maximum atomic E-state index is 12.0. The molecule has 0 atom stereocenters. The minimum Gasteiger partial charge on any atom is -0.435 e. The third kappa shape index (κ3) is 2.75. The Morgan fingerprint density at radius 2 is 2.25 bits per heavy atom. The molecule has 0 amide bonds. The van der Waals surface area contributed by atoms with Crippen molar-refractivity contribution in [3.05, 3.63) is 42.0 Å². The Bertz CT molecular complexity index is 445. The summed E-state index contributed by atoms with van der Waals surface area (Å²) in [5, 5.41) is 6.40. The molecule has 0 radical (unpaired) electrons. The van der Waals surface area contributed by atoms with Crippen molar-refractivity contribution in [2.75, 3.05) is 0 Å². The van der Waals surface area contributed by atoms with Gasteiger partial charge in [0.2, 0.25) is 0 Å². The predicted octanol–water partition coefficient (Wildman–Crippen LogP) is 2.00. The van der Waals surface area contributed by atoms with Gasteiger partial charge in [0.25, 0.3) is 0 Å². The van der Waals surface area contributed by atoms with E-state index >= 15 is 0 Å². The van der Waals surface area contributed by atoms with Crippen molar-refractivity contribution in [1.29, 1.82) is 0 Å². The van der Waals surface area contributed by atoms with Gasteiger partial charge in [-0.2, -0.15) is 13.9 Å². The Morgan fingerprint density at radius 1 is 1.38 bits per heavy atom. The second-order valence-electron chi connectivity index (χ2n) is 3.13. The first-order chi connectivity index (χ1) is 7.74. The Labute approximate surface area is 90.3 Å². The van der Waals surface area contributed by atoms with Gasteiger partial charge in [-0.05, 0) is 17.7 Å². The molecule has 0 aliphatic heterocycles. The van der Waals surface area contributed by atoms with Gasteiger partial charge in [0, 0.05) is 6.42 Å². The Balaban J connectivity index is 2.10. The summed E-state index contributed by atoms with van der Waals surface area (Å²) in [7, 11) is 0. The van der Waals surface area contributed by atoms with Crippen LogP contribution in [-0.2, 0) is 6.42 Å². The largest absolute Gasteiger partial charge is 0.435 e. The lowest BCUT2D eigenvalue weighted by Gasteiger charge is -2.05. The number of ether oxygens (including phenoxy) is 1. The van der Waals surface area contributed by atoms with Crippen LogP contribution in [0.4, 0.5) is 8.78 Å². The molecule has 0 saturated carbocycles. The molecule has 1 N–H and O–H groups in total. The number of nitrogens with one attached hydrogen (secondary N) is 1. The van der Waals surface area contributed by atoms with Crippen molar-refractivity contribution in [2.45, 2.75) is 13.0 Å². The van der Waals surface area contributed by atoms with E-state index in [2.05, 4.69) is 19.9 Å². The van der Waals surface area contributed by atoms with Crippen molar-refractivity contribution in [1.82, 2.24) is 15.2 Å². The van der Waals surface area contributed by atoms with E-state index in [-0.39, 0.29) is 5.75 Å². The molecular weight excluding hydrogens is 216 g/mol. The molecule has 0 fully saturated rings. The molecular formula is C10H9F2N3O. The fraction of sp³-hybridized carbons (Fsp3) is 0.200. The highest BCUT2D eigenvalue weighted by atomic mass is 19.3. The van der Waals surface area contributed by atoms with E-state index in [4.69, 9.17) is 0 Å². The standard InChI is InChI=1S/C10H9F2N3O/c11-10(12)16-8-3-1-2-7(4-8)5-9-13-6-14-15-9/h1-4,6,10H,5H2,(H,13,14,15). The maximum Gasteiger partial charge on any atom is 0.387 e. The number of rotatable bonds is 4. The molecule has 2 rings (SSSR count). The number of nitrogens with zero attached hydrogens (tertiary/aromatic N) is 2. The van der Waals surface area contributed by atoms with Crippen molar-refractivity contribution in [3.63, 3.8) is 0 Å². The van der Waals surface area contributed by atoms with E-state index in [9.17, 15) is 8.78 Å². The van der Waals surface area contributed by atoms with E-state index in [1.54, 1.807) is 18.2 Å². The van der Waals surface area contributed by atoms with E-state index < -0.39 is 6.61 Å². The highest BCUT2D eigenvalue weighted by Crippen LogP contribution is 2.17. The SMILES string of the molecule is FC(F)Oc1cccc(Cc2ncn[nH]2)c1. The van der Waals surface area contributed by atoms with Gasteiger partial charge >= 0.3 is 6.61 Å². The molecule has 0 aliphatic rings. The van der Waals surface area contributed by atoms with E-state index in [0.717, 1.165) is 5.56 Å². The normalized spacial score (nSPS) is 10.7. The van der Waals surface area contributed by atoms with Gasteiger partial charge in [-0.25, -0.2) is 4.98 Å². The summed E-state index contributed by atoms with van der Waals surface area (Å²) in [6, 6.07) is 6.50. The summed E-state index contributed by atoms with van der Waals surface area (Å²) in [5.41, 5.74) is 0.829. The average Bonchev–Trinajstić information content (AvgIpc) is 2.70. The van der Waals surface area contributed by atoms with Crippen LogP contribution in [0.5, 0.6) is 5.75 Å². The zero-order valence-corrected chi connectivity index (χ0v) is 8.23. The van der Waals surface area contributed by atoms with Crippen LogP contribution in [-0.4, -0.2) is 21.8 Å². The molecule has 0 aliphatic carbocycles.